The van der Waals surface area contributed by atoms with E-state index in [-0.39, 0.29) is 12.5 Å². The van der Waals surface area contributed by atoms with E-state index in [2.05, 4.69) is 24.1 Å². The normalized spacial score (nSPS) is 21.7. The smallest absolute Gasteiger partial charge is 0.221 e. The third kappa shape index (κ3) is 4.28. The monoisotopic (exact) mass is 242 g/mol. The summed E-state index contributed by atoms with van der Waals surface area (Å²) in [6, 6.07) is 0.785. The molecule has 17 heavy (non-hydrogen) atoms. The molecular weight excluding hydrogens is 216 g/mol. The standard InChI is InChI=1S/C13H26N2O2/c1-3-11(4-2)15(8-9-16)12-6-5-7-14-13(17)10-12/h11-12,16H,3-10H2,1-2H3,(H,14,17). The van der Waals surface area contributed by atoms with Crippen molar-refractivity contribution in [3.05, 3.63) is 0 Å². The second-order valence-electron chi connectivity index (χ2n) is 4.78. The molecule has 1 aliphatic heterocycles. The topological polar surface area (TPSA) is 52.6 Å². The maximum atomic E-state index is 11.6. The van der Waals surface area contributed by atoms with Crippen LogP contribution >= 0.6 is 0 Å². The largest absolute Gasteiger partial charge is 0.395 e. The highest BCUT2D eigenvalue weighted by atomic mass is 16.3. The lowest BCUT2D eigenvalue weighted by Gasteiger charge is -2.36. The van der Waals surface area contributed by atoms with E-state index >= 15 is 0 Å². The first-order chi connectivity index (χ1) is 8.22. The van der Waals surface area contributed by atoms with Crippen molar-refractivity contribution in [2.75, 3.05) is 19.7 Å². The molecule has 1 rings (SSSR count). The first-order valence-corrected chi connectivity index (χ1v) is 6.86. The maximum absolute atomic E-state index is 11.6. The van der Waals surface area contributed by atoms with Gasteiger partial charge >= 0.3 is 0 Å². The second-order valence-corrected chi connectivity index (χ2v) is 4.78. The van der Waals surface area contributed by atoms with Gasteiger partial charge in [-0.05, 0) is 25.7 Å². The molecule has 1 aliphatic rings. The first kappa shape index (κ1) is 14.5. The third-order valence-electron chi connectivity index (χ3n) is 3.70. The van der Waals surface area contributed by atoms with Gasteiger partial charge in [-0.1, -0.05) is 13.8 Å². The SMILES string of the molecule is CCC(CC)N(CCO)C1CCCNC(=O)C1. The fraction of sp³-hybridized carbons (Fsp3) is 0.923. The molecule has 0 aliphatic carbocycles. The summed E-state index contributed by atoms with van der Waals surface area (Å²) in [5, 5.41) is 12.1. The van der Waals surface area contributed by atoms with Crippen LogP contribution in [0.25, 0.3) is 0 Å². The molecule has 0 radical (unpaired) electrons. The van der Waals surface area contributed by atoms with Gasteiger partial charge in [-0.3, -0.25) is 9.69 Å². The van der Waals surface area contributed by atoms with E-state index in [0.717, 1.165) is 32.2 Å². The van der Waals surface area contributed by atoms with Crippen molar-refractivity contribution in [3.63, 3.8) is 0 Å². The lowest BCUT2D eigenvalue weighted by Crippen LogP contribution is -2.45. The zero-order chi connectivity index (χ0) is 12.7. The van der Waals surface area contributed by atoms with Gasteiger partial charge in [0, 0.05) is 31.6 Å². The minimum atomic E-state index is 0.154. The number of aliphatic hydroxyl groups is 1. The fourth-order valence-electron chi connectivity index (χ4n) is 2.77. The molecular formula is C13H26N2O2. The van der Waals surface area contributed by atoms with Crippen molar-refractivity contribution in [2.24, 2.45) is 0 Å². The lowest BCUT2D eigenvalue weighted by molar-refractivity contribution is -0.122. The molecule has 1 unspecified atom stereocenters. The molecule has 0 saturated carbocycles. The Kier molecular flexibility index (Phi) is 6.52. The van der Waals surface area contributed by atoms with Crippen LogP contribution < -0.4 is 5.32 Å². The molecule has 0 bridgehead atoms. The molecule has 0 aromatic heterocycles. The highest BCUT2D eigenvalue weighted by Crippen LogP contribution is 2.19. The van der Waals surface area contributed by atoms with Gasteiger partial charge in [0.05, 0.1) is 6.61 Å². The van der Waals surface area contributed by atoms with Gasteiger partial charge < -0.3 is 10.4 Å². The minimum absolute atomic E-state index is 0.154. The van der Waals surface area contributed by atoms with Crippen LogP contribution in [0.5, 0.6) is 0 Å². The number of hydrogen-bond donors (Lipinski definition) is 2. The molecule has 1 heterocycles. The summed E-state index contributed by atoms with van der Waals surface area (Å²) >= 11 is 0. The number of amides is 1. The molecule has 0 spiro atoms. The van der Waals surface area contributed by atoms with E-state index in [1.54, 1.807) is 0 Å². The Labute approximate surface area is 104 Å². The van der Waals surface area contributed by atoms with E-state index in [9.17, 15) is 9.90 Å². The molecule has 0 aromatic carbocycles. The van der Waals surface area contributed by atoms with Crippen molar-refractivity contribution in [1.29, 1.82) is 0 Å². The van der Waals surface area contributed by atoms with Gasteiger partial charge in [0.1, 0.15) is 0 Å². The molecule has 2 N–H and O–H groups in total. The average Bonchev–Trinajstić information content (AvgIpc) is 2.54. The summed E-state index contributed by atoms with van der Waals surface area (Å²) in [6.45, 7) is 6.01. The second kappa shape index (κ2) is 7.67. The Balaban J connectivity index is 2.69. The van der Waals surface area contributed by atoms with Crippen LogP contribution in [-0.4, -0.2) is 47.7 Å². The van der Waals surface area contributed by atoms with Crippen molar-refractivity contribution < 1.29 is 9.90 Å². The van der Waals surface area contributed by atoms with E-state index in [4.69, 9.17) is 0 Å². The number of aliphatic hydroxyl groups excluding tert-OH is 1. The molecule has 1 saturated heterocycles. The molecule has 0 aromatic rings. The molecule has 1 fully saturated rings. The lowest BCUT2D eigenvalue weighted by atomic mass is 10.0. The van der Waals surface area contributed by atoms with Crippen molar-refractivity contribution >= 4 is 5.91 Å². The summed E-state index contributed by atoms with van der Waals surface area (Å²) in [6.07, 6.45) is 4.83. The highest BCUT2D eigenvalue weighted by molar-refractivity contribution is 5.76. The van der Waals surface area contributed by atoms with Gasteiger partial charge in [-0.25, -0.2) is 0 Å². The quantitative estimate of drug-likeness (QED) is 0.734. The Morgan fingerprint density at radius 1 is 1.47 bits per heavy atom. The van der Waals surface area contributed by atoms with Gasteiger partial charge in [-0.15, -0.1) is 0 Å². The Morgan fingerprint density at radius 2 is 2.18 bits per heavy atom. The molecule has 100 valence electrons. The van der Waals surface area contributed by atoms with Crippen LogP contribution in [0.15, 0.2) is 0 Å². The number of carbonyl (C=O) groups excluding carboxylic acids is 1. The van der Waals surface area contributed by atoms with Gasteiger partial charge in [0.25, 0.3) is 0 Å². The Morgan fingerprint density at radius 3 is 2.76 bits per heavy atom. The number of nitrogens with zero attached hydrogens (tertiary/aromatic N) is 1. The highest BCUT2D eigenvalue weighted by Gasteiger charge is 2.27. The molecule has 1 atom stereocenters. The van der Waals surface area contributed by atoms with Crippen LogP contribution in [0.3, 0.4) is 0 Å². The third-order valence-corrected chi connectivity index (χ3v) is 3.70. The first-order valence-electron chi connectivity index (χ1n) is 6.86. The summed E-state index contributed by atoms with van der Waals surface area (Å²) in [7, 11) is 0. The van der Waals surface area contributed by atoms with Crippen LogP contribution in [0.2, 0.25) is 0 Å². The van der Waals surface area contributed by atoms with E-state index in [1.165, 1.54) is 0 Å². The van der Waals surface area contributed by atoms with Crippen molar-refractivity contribution in [2.45, 2.75) is 58.0 Å². The van der Waals surface area contributed by atoms with E-state index in [0.29, 0.717) is 25.0 Å². The number of hydrogen-bond acceptors (Lipinski definition) is 3. The minimum Gasteiger partial charge on any atom is -0.395 e. The van der Waals surface area contributed by atoms with Gasteiger partial charge in [-0.2, -0.15) is 0 Å². The summed E-state index contributed by atoms with van der Waals surface area (Å²) < 4.78 is 0. The summed E-state index contributed by atoms with van der Waals surface area (Å²) in [5.74, 6) is 0.154. The van der Waals surface area contributed by atoms with Crippen LogP contribution in [0.1, 0.15) is 46.0 Å². The molecule has 4 nitrogen and oxygen atoms in total. The maximum Gasteiger partial charge on any atom is 0.221 e. The number of carbonyl (C=O) groups is 1. The number of rotatable bonds is 6. The van der Waals surface area contributed by atoms with Crippen LogP contribution in [0.4, 0.5) is 0 Å². The number of nitrogens with one attached hydrogen (secondary N) is 1. The van der Waals surface area contributed by atoms with E-state index < -0.39 is 0 Å². The summed E-state index contributed by atoms with van der Waals surface area (Å²) in [4.78, 5) is 13.9. The van der Waals surface area contributed by atoms with Gasteiger partial charge in [0.2, 0.25) is 5.91 Å². The molecule has 1 amide bonds. The van der Waals surface area contributed by atoms with Crippen LogP contribution in [-0.2, 0) is 4.79 Å². The predicted molar refractivity (Wildman–Crippen MR) is 68.8 cm³/mol. The zero-order valence-corrected chi connectivity index (χ0v) is 11.1. The van der Waals surface area contributed by atoms with Crippen LogP contribution in [0, 0.1) is 0 Å². The van der Waals surface area contributed by atoms with Crippen molar-refractivity contribution in [1.82, 2.24) is 10.2 Å². The molecule has 4 heteroatoms. The van der Waals surface area contributed by atoms with Gasteiger partial charge in [0.15, 0.2) is 0 Å². The van der Waals surface area contributed by atoms with Crippen molar-refractivity contribution in [3.8, 4) is 0 Å². The average molecular weight is 242 g/mol. The fourth-order valence-corrected chi connectivity index (χ4v) is 2.77. The Bertz CT molecular complexity index is 229. The Hall–Kier alpha value is -0.610. The summed E-state index contributed by atoms with van der Waals surface area (Å²) in [5.41, 5.74) is 0. The zero-order valence-electron chi connectivity index (χ0n) is 11.1. The van der Waals surface area contributed by atoms with E-state index in [1.807, 2.05) is 0 Å². The predicted octanol–water partition coefficient (Wildman–Crippen LogP) is 1.14.